The van der Waals surface area contributed by atoms with E-state index < -0.39 is 0 Å². The highest BCUT2D eigenvalue weighted by atomic mass is 32.1. The quantitative estimate of drug-likeness (QED) is 0.825. The van der Waals surface area contributed by atoms with Crippen molar-refractivity contribution in [3.05, 3.63) is 16.1 Å². The van der Waals surface area contributed by atoms with Crippen LogP contribution in [0.3, 0.4) is 0 Å². The van der Waals surface area contributed by atoms with Crippen molar-refractivity contribution in [1.29, 1.82) is 0 Å². The Morgan fingerprint density at radius 1 is 1.47 bits per heavy atom. The number of thiazole rings is 1. The number of hydrogen-bond donors (Lipinski definition) is 0. The Balaban J connectivity index is 2.22. The minimum atomic E-state index is 0.175. The molecule has 4 heteroatoms. The number of hydrogen-bond acceptors (Lipinski definition) is 3. The van der Waals surface area contributed by atoms with E-state index in [-0.39, 0.29) is 5.91 Å². The van der Waals surface area contributed by atoms with Crippen LogP contribution < -0.4 is 0 Å². The van der Waals surface area contributed by atoms with E-state index in [9.17, 15) is 4.79 Å². The molecular weight excluding hydrogens is 232 g/mol. The van der Waals surface area contributed by atoms with Gasteiger partial charge >= 0.3 is 0 Å². The molecule has 1 atom stereocenters. The molecule has 1 aliphatic rings. The number of nitrogens with zero attached hydrogens (tertiary/aromatic N) is 2. The maximum absolute atomic E-state index is 12.6. The van der Waals surface area contributed by atoms with Gasteiger partial charge in [-0.15, -0.1) is 11.3 Å². The van der Waals surface area contributed by atoms with Gasteiger partial charge in [0, 0.05) is 12.1 Å². The van der Waals surface area contributed by atoms with Gasteiger partial charge in [-0.1, -0.05) is 13.8 Å². The molecule has 0 bridgehead atoms. The summed E-state index contributed by atoms with van der Waals surface area (Å²) in [7, 11) is 0. The topological polar surface area (TPSA) is 33.2 Å². The van der Waals surface area contributed by atoms with Crippen molar-refractivity contribution < 1.29 is 4.79 Å². The summed E-state index contributed by atoms with van der Waals surface area (Å²) in [5, 5.41) is 0. The minimum Gasteiger partial charge on any atom is -0.332 e. The SMILES string of the molecule is Cc1ncsc1C(=O)N(C1CC1)[C@@H](C)C(C)C. The second-order valence-corrected chi connectivity index (χ2v) is 6.05. The fourth-order valence-corrected chi connectivity index (χ4v) is 2.73. The molecule has 1 aromatic heterocycles. The molecule has 17 heavy (non-hydrogen) atoms. The number of carbonyl (C=O) groups excluding carboxylic acids is 1. The van der Waals surface area contributed by atoms with Gasteiger partial charge in [-0.3, -0.25) is 4.79 Å². The van der Waals surface area contributed by atoms with Crippen molar-refractivity contribution in [3.8, 4) is 0 Å². The molecule has 1 aliphatic carbocycles. The lowest BCUT2D eigenvalue weighted by molar-refractivity contribution is 0.0632. The Bertz CT molecular complexity index is 409. The van der Waals surface area contributed by atoms with Gasteiger partial charge in [0.1, 0.15) is 4.88 Å². The lowest BCUT2D eigenvalue weighted by Gasteiger charge is -2.31. The summed E-state index contributed by atoms with van der Waals surface area (Å²) < 4.78 is 0. The normalized spacial score (nSPS) is 17.2. The summed E-state index contributed by atoms with van der Waals surface area (Å²) in [6.45, 7) is 8.41. The van der Waals surface area contributed by atoms with Crippen molar-refractivity contribution >= 4 is 17.2 Å². The third-order valence-electron chi connectivity index (χ3n) is 3.52. The Kier molecular flexibility index (Phi) is 3.52. The van der Waals surface area contributed by atoms with E-state index in [2.05, 4.69) is 30.7 Å². The van der Waals surface area contributed by atoms with Gasteiger partial charge in [0.25, 0.3) is 5.91 Å². The third kappa shape index (κ3) is 2.51. The fraction of sp³-hybridized carbons (Fsp3) is 0.692. The molecule has 0 aromatic carbocycles. The van der Waals surface area contributed by atoms with Crippen molar-refractivity contribution in [3.63, 3.8) is 0 Å². The highest BCUT2D eigenvalue weighted by Crippen LogP contribution is 2.33. The van der Waals surface area contributed by atoms with E-state index in [1.165, 1.54) is 11.3 Å². The van der Waals surface area contributed by atoms with E-state index in [1.54, 1.807) is 5.51 Å². The van der Waals surface area contributed by atoms with Crippen LogP contribution in [0.5, 0.6) is 0 Å². The first-order valence-corrected chi connectivity index (χ1v) is 7.13. The highest BCUT2D eigenvalue weighted by Gasteiger charge is 2.37. The Hall–Kier alpha value is -0.900. The van der Waals surface area contributed by atoms with Gasteiger partial charge in [-0.05, 0) is 32.6 Å². The first kappa shape index (κ1) is 12.6. The van der Waals surface area contributed by atoms with Gasteiger partial charge in [-0.25, -0.2) is 4.98 Å². The molecule has 0 aliphatic heterocycles. The van der Waals surface area contributed by atoms with Crippen LogP contribution in [0.2, 0.25) is 0 Å². The van der Waals surface area contributed by atoms with E-state index in [4.69, 9.17) is 0 Å². The number of aryl methyl sites for hydroxylation is 1. The molecule has 3 nitrogen and oxygen atoms in total. The summed E-state index contributed by atoms with van der Waals surface area (Å²) in [5.41, 5.74) is 2.62. The predicted molar refractivity (Wildman–Crippen MR) is 70.3 cm³/mol. The lowest BCUT2D eigenvalue weighted by atomic mass is 10.0. The molecule has 0 saturated heterocycles. The first-order valence-electron chi connectivity index (χ1n) is 6.25. The van der Waals surface area contributed by atoms with Crippen LogP contribution in [-0.2, 0) is 0 Å². The van der Waals surface area contributed by atoms with Crippen molar-refractivity contribution in [1.82, 2.24) is 9.88 Å². The third-order valence-corrected chi connectivity index (χ3v) is 4.43. The maximum atomic E-state index is 12.6. The Morgan fingerprint density at radius 2 is 2.12 bits per heavy atom. The molecule has 1 fully saturated rings. The van der Waals surface area contributed by atoms with Crippen LogP contribution in [0.4, 0.5) is 0 Å². The number of amides is 1. The van der Waals surface area contributed by atoms with Crippen LogP contribution in [-0.4, -0.2) is 27.9 Å². The molecule has 1 amide bonds. The maximum Gasteiger partial charge on any atom is 0.266 e. The monoisotopic (exact) mass is 252 g/mol. The highest BCUT2D eigenvalue weighted by molar-refractivity contribution is 7.11. The van der Waals surface area contributed by atoms with Crippen LogP contribution >= 0.6 is 11.3 Å². The lowest BCUT2D eigenvalue weighted by Crippen LogP contribution is -2.43. The van der Waals surface area contributed by atoms with Crippen molar-refractivity contribution in [2.45, 2.75) is 52.6 Å². The zero-order chi connectivity index (χ0) is 12.6. The zero-order valence-electron chi connectivity index (χ0n) is 10.9. The summed E-state index contributed by atoms with van der Waals surface area (Å²) in [4.78, 5) is 19.6. The van der Waals surface area contributed by atoms with Crippen LogP contribution in [0.25, 0.3) is 0 Å². The largest absolute Gasteiger partial charge is 0.332 e. The molecule has 0 spiro atoms. The second kappa shape index (κ2) is 4.77. The van der Waals surface area contributed by atoms with E-state index in [0.29, 0.717) is 18.0 Å². The zero-order valence-corrected chi connectivity index (χ0v) is 11.8. The number of rotatable bonds is 4. The van der Waals surface area contributed by atoms with Crippen LogP contribution in [0.1, 0.15) is 49.0 Å². The van der Waals surface area contributed by atoms with Crippen molar-refractivity contribution in [2.24, 2.45) is 5.92 Å². The summed E-state index contributed by atoms with van der Waals surface area (Å²) in [6.07, 6.45) is 2.31. The van der Waals surface area contributed by atoms with E-state index in [1.807, 2.05) is 6.92 Å². The molecular formula is C13H20N2OS. The van der Waals surface area contributed by atoms with Gasteiger partial charge in [-0.2, -0.15) is 0 Å². The molecule has 0 N–H and O–H groups in total. The van der Waals surface area contributed by atoms with E-state index in [0.717, 1.165) is 23.4 Å². The molecule has 2 rings (SSSR count). The molecule has 1 heterocycles. The molecule has 1 aromatic rings. The standard InChI is InChI=1S/C13H20N2OS/c1-8(2)10(4)15(11-5-6-11)13(16)12-9(3)14-7-17-12/h7-8,10-11H,5-6H2,1-4H3/t10-/m0/s1. The molecule has 1 saturated carbocycles. The van der Waals surface area contributed by atoms with E-state index >= 15 is 0 Å². The fourth-order valence-electron chi connectivity index (χ4n) is 1.98. The van der Waals surface area contributed by atoms with Crippen LogP contribution in [0, 0.1) is 12.8 Å². The van der Waals surface area contributed by atoms with Gasteiger partial charge in [0.05, 0.1) is 11.2 Å². The predicted octanol–water partition coefficient (Wildman–Crippen LogP) is 3.10. The number of carbonyl (C=O) groups is 1. The Morgan fingerprint density at radius 3 is 2.53 bits per heavy atom. The van der Waals surface area contributed by atoms with Gasteiger partial charge < -0.3 is 4.90 Å². The van der Waals surface area contributed by atoms with Gasteiger partial charge in [0.15, 0.2) is 0 Å². The van der Waals surface area contributed by atoms with Gasteiger partial charge in [0.2, 0.25) is 0 Å². The smallest absolute Gasteiger partial charge is 0.266 e. The first-order chi connectivity index (χ1) is 8.02. The Labute approximate surface area is 107 Å². The summed E-state index contributed by atoms with van der Waals surface area (Å²) in [6, 6.07) is 0.762. The summed E-state index contributed by atoms with van der Waals surface area (Å²) in [5.74, 6) is 0.668. The summed E-state index contributed by atoms with van der Waals surface area (Å²) >= 11 is 1.46. The van der Waals surface area contributed by atoms with Crippen molar-refractivity contribution in [2.75, 3.05) is 0 Å². The van der Waals surface area contributed by atoms with Crippen LogP contribution in [0.15, 0.2) is 5.51 Å². The molecule has 0 unspecified atom stereocenters. The average molecular weight is 252 g/mol. The molecule has 94 valence electrons. The second-order valence-electron chi connectivity index (χ2n) is 5.20. The minimum absolute atomic E-state index is 0.175. The number of aromatic nitrogens is 1. The molecule has 0 radical (unpaired) electrons. The average Bonchev–Trinajstić information content (AvgIpc) is 3.00.